The zero-order valence-corrected chi connectivity index (χ0v) is 14.7. The van der Waals surface area contributed by atoms with Gasteiger partial charge in [0.05, 0.1) is 12.1 Å². The quantitative estimate of drug-likeness (QED) is 0.539. The first kappa shape index (κ1) is 20.1. The van der Waals surface area contributed by atoms with E-state index in [4.69, 9.17) is 0 Å². The Kier molecular flexibility index (Phi) is 6.45. The Morgan fingerprint density at radius 2 is 1.83 bits per heavy atom. The fourth-order valence-corrected chi connectivity index (χ4v) is 2.06. The van der Waals surface area contributed by atoms with Crippen molar-refractivity contribution in [1.29, 1.82) is 0 Å². The summed E-state index contributed by atoms with van der Waals surface area (Å²) in [4.78, 5) is 32.2. The summed E-state index contributed by atoms with van der Waals surface area (Å²) in [6, 6.07) is 0. The van der Waals surface area contributed by atoms with Crippen LogP contribution < -0.4 is 10.6 Å². The van der Waals surface area contributed by atoms with E-state index in [1.807, 2.05) is 20.8 Å². The van der Waals surface area contributed by atoms with E-state index in [2.05, 4.69) is 20.6 Å². The highest BCUT2D eigenvalue weighted by atomic mass is 16.4. The van der Waals surface area contributed by atoms with Crippen LogP contribution in [-0.2, 0) is 4.79 Å². The molecule has 1 aromatic heterocycles. The summed E-state index contributed by atoms with van der Waals surface area (Å²) in [6.07, 6.45) is 4.48. The first-order valence-electron chi connectivity index (χ1n) is 7.68. The predicted molar refractivity (Wildman–Crippen MR) is 89.8 cm³/mol. The molecule has 0 bridgehead atoms. The second-order valence-corrected chi connectivity index (χ2v) is 7.43. The van der Waals surface area contributed by atoms with Crippen LogP contribution in [0.15, 0.2) is 18.6 Å². The van der Waals surface area contributed by atoms with Gasteiger partial charge >= 0.3 is 7.12 Å². The largest absolute Gasteiger partial charge is 0.475 e. The van der Waals surface area contributed by atoms with E-state index in [0.29, 0.717) is 6.42 Å². The normalized spacial score (nSPS) is 13.1. The minimum Gasteiger partial charge on any atom is -0.426 e. The molecular weight excluding hydrogens is 311 g/mol. The van der Waals surface area contributed by atoms with Crippen LogP contribution in [0.1, 0.15) is 51.5 Å². The van der Waals surface area contributed by atoms with Crippen molar-refractivity contribution in [3.8, 4) is 0 Å². The van der Waals surface area contributed by atoms with Gasteiger partial charge in [-0.25, -0.2) is 4.98 Å². The van der Waals surface area contributed by atoms with Gasteiger partial charge in [0.15, 0.2) is 0 Å². The van der Waals surface area contributed by atoms with Crippen molar-refractivity contribution in [1.82, 2.24) is 20.6 Å². The molecule has 1 atom stereocenters. The summed E-state index contributed by atoms with van der Waals surface area (Å²) < 4.78 is 0. The molecular formula is C15H25BN4O4. The minimum atomic E-state index is -1.69. The van der Waals surface area contributed by atoms with Crippen LogP contribution in [0.2, 0.25) is 0 Å². The molecule has 0 radical (unpaired) electrons. The number of hydrogen-bond acceptors (Lipinski definition) is 6. The van der Waals surface area contributed by atoms with E-state index in [1.54, 1.807) is 0 Å². The lowest BCUT2D eigenvalue weighted by molar-refractivity contribution is -0.126. The molecule has 0 fully saturated rings. The van der Waals surface area contributed by atoms with Crippen LogP contribution >= 0.6 is 0 Å². The number of amides is 2. The maximum atomic E-state index is 12.4. The van der Waals surface area contributed by atoms with Crippen LogP contribution in [-0.4, -0.2) is 50.4 Å². The predicted octanol–water partition coefficient (Wildman–Crippen LogP) is -0.0820. The first-order chi connectivity index (χ1) is 10.9. The molecule has 132 valence electrons. The molecule has 1 rings (SSSR count). The number of aromatic nitrogens is 2. The molecule has 1 heterocycles. The van der Waals surface area contributed by atoms with E-state index >= 15 is 0 Å². The van der Waals surface area contributed by atoms with Gasteiger partial charge in [-0.3, -0.25) is 14.6 Å². The molecule has 0 aliphatic rings. The zero-order chi connectivity index (χ0) is 18.5. The topological polar surface area (TPSA) is 124 Å². The van der Waals surface area contributed by atoms with Crippen LogP contribution in [0.3, 0.4) is 0 Å². The molecule has 2 amide bonds. The third-order valence-electron chi connectivity index (χ3n) is 3.30. The van der Waals surface area contributed by atoms with E-state index in [1.165, 1.54) is 32.4 Å². The fraction of sp³-hybridized carbons (Fsp3) is 0.600. The highest BCUT2D eigenvalue weighted by molar-refractivity contribution is 6.43. The van der Waals surface area contributed by atoms with Gasteiger partial charge in [-0.15, -0.1) is 0 Å². The Labute approximate surface area is 142 Å². The molecule has 24 heavy (non-hydrogen) atoms. The number of rotatable bonds is 6. The van der Waals surface area contributed by atoms with Crippen LogP contribution in [0.25, 0.3) is 0 Å². The van der Waals surface area contributed by atoms with E-state index in [0.717, 1.165) is 0 Å². The van der Waals surface area contributed by atoms with Gasteiger partial charge in [-0.05, 0) is 25.7 Å². The minimum absolute atomic E-state index is 0.0896. The van der Waals surface area contributed by atoms with Gasteiger partial charge in [0.1, 0.15) is 11.2 Å². The summed E-state index contributed by atoms with van der Waals surface area (Å²) in [6.45, 7) is 8.82. The second kappa shape index (κ2) is 7.72. The van der Waals surface area contributed by atoms with Crippen molar-refractivity contribution in [3.05, 3.63) is 24.3 Å². The zero-order valence-electron chi connectivity index (χ0n) is 14.7. The smallest absolute Gasteiger partial charge is 0.426 e. The molecule has 0 saturated heterocycles. The average molecular weight is 336 g/mol. The van der Waals surface area contributed by atoms with E-state index < -0.39 is 30.4 Å². The summed E-state index contributed by atoms with van der Waals surface area (Å²) in [5.41, 5.74) is -1.39. The molecule has 1 unspecified atom stereocenters. The van der Waals surface area contributed by atoms with Crippen LogP contribution in [0, 0.1) is 5.41 Å². The maximum absolute atomic E-state index is 12.4. The third kappa shape index (κ3) is 6.25. The summed E-state index contributed by atoms with van der Waals surface area (Å²) in [5, 5.41) is 24.1. The SMILES string of the molecule is CC(C)(C)CC(NC(=O)C(C)(C)NC(=O)c1cnccn1)B(O)O. The number of carbonyl (C=O) groups is 2. The Bertz CT molecular complexity index is 573. The molecule has 0 saturated carbocycles. The Morgan fingerprint density at radius 1 is 1.21 bits per heavy atom. The fourth-order valence-electron chi connectivity index (χ4n) is 2.06. The number of nitrogens with zero attached hydrogens (tertiary/aromatic N) is 2. The Hall–Kier alpha value is -2.00. The van der Waals surface area contributed by atoms with Crippen molar-refractivity contribution in [2.75, 3.05) is 0 Å². The molecule has 8 nitrogen and oxygen atoms in total. The lowest BCUT2D eigenvalue weighted by Gasteiger charge is -2.31. The monoisotopic (exact) mass is 336 g/mol. The molecule has 9 heteroatoms. The number of nitrogens with one attached hydrogen (secondary N) is 2. The lowest BCUT2D eigenvalue weighted by Crippen LogP contribution is -2.59. The molecule has 1 aromatic rings. The van der Waals surface area contributed by atoms with Gasteiger partial charge in [0, 0.05) is 12.4 Å². The summed E-state index contributed by atoms with van der Waals surface area (Å²) in [7, 11) is -1.69. The second-order valence-electron chi connectivity index (χ2n) is 7.43. The Morgan fingerprint density at radius 3 is 2.29 bits per heavy atom. The van der Waals surface area contributed by atoms with Gasteiger partial charge in [-0.1, -0.05) is 20.8 Å². The molecule has 0 spiro atoms. The standard InChI is InChI=1S/C15H25BN4O4/c1-14(2,3)8-11(16(23)24)19-13(22)15(4,5)20-12(21)10-9-17-6-7-18-10/h6-7,9,11,23-24H,8H2,1-5H3,(H,19,22)(H,20,21). The molecule has 0 aromatic carbocycles. The van der Waals surface area contributed by atoms with Crippen molar-refractivity contribution in [3.63, 3.8) is 0 Å². The van der Waals surface area contributed by atoms with Gasteiger partial charge in [-0.2, -0.15) is 0 Å². The van der Waals surface area contributed by atoms with Gasteiger partial charge in [0.2, 0.25) is 5.91 Å². The highest BCUT2D eigenvalue weighted by Crippen LogP contribution is 2.21. The third-order valence-corrected chi connectivity index (χ3v) is 3.30. The lowest BCUT2D eigenvalue weighted by atomic mass is 9.71. The number of carbonyl (C=O) groups excluding carboxylic acids is 2. The highest BCUT2D eigenvalue weighted by Gasteiger charge is 2.36. The van der Waals surface area contributed by atoms with Gasteiger partial charge in [0.25, 0.3) is 5.91 Å². The van der Waals surface area contributed by atoms with Crippen LogP contribution in [0.5, 0.6) is 0 Å². The van der Waals surface area contributed by atoms with Crippen molar-refractivity contribution >= 4 is 18.9 Å². The van der Waals surface area contributed by atoms with Crippen LogP contribution in [0.4, 0.5) is 0 Å². The number of hydrogen-bond donors (Lipinski definition) is 4. The van der Waals surface area contributed by atoms with Gasteiger partial charge < -0.3 is 20.7 Å². The molecule has 0 aliphatic heterocycles. The van der Waals surface area contributed by atoms with Crippen molar-refractivity contribution in [2.45, 2.75) is 52.5 Å². The van der Waals surface area contributed by atoms with E-state index in [-0.39, 0.29) is 11.1 Å². The molecule has 0 aliphatic carbocycles. The van der Waals surface area contributed by atoms with E-state index in [9.17, 15) is 19.6 Å². The average Bonchev–Trinajstić information content (AvgIpc) is 2.45. The molecule has 4 N–H and O–H groups in total. The maximum Gasteiger partial charge on any atom is 0.475 e. The van der Waals surface area contributed by atoms with Crippen molar-refractivity contribution in [2.24, 2.45) is 5.41 Å². The first-order valence-corrected chi connectivity index (χ1v) is 7.68. The Balaban J connectivity index is 2.78. The summed E-state index contributed by atoms with van der Waals surface area (Å²) >= 11 is 0. The van der Waals surface area contributed by atoms with Crippen molar-refractivity contribution < 1.29 is 19.6 Å². The summed E-state index contributed by atoms with van der Waals surface area (Å²) in [5.74, 6) is -1.91.